The minimum atomic E-state index is -0.0839. The second-order valence-electron chi connectivity index (χ2n) is 4.09. The third kappa shape index (κ3) is 2.57. The SMILES string of the molecule is COc1ccc(C(=O)c2ccncc2C)c(OC)c1. The Morgan fingerprint density at radius 1 is 1.11 bits per heavy atom. The van der Waals surface area contributed by atoms with E-state index in [-0.39, 0.29) is 5.78 Å². The van der Waals surface area contributed by atoms with Crippen LogP contribution < -0.4 is 9.47 Å². The van der Waals surface area contributed by atoms with Crippen molar-refractivity contribution < 1.29 is 14.3 Å². The van der Waals surface area contributed by atoms with Crippen molar-refractivity contribution in [3.8, 4) is 11.5 Å². The Morgan fingerprint density at radius 2 is 1.89 bits per heavy atom. The van der Waals surface area contributed by atoms with Gasteiger partial charge in [0.05, 0.1) is 19.8 Å². The van der Waals surface area contributed by atoms with Crippen LogP contribution in [-0.4, -0.2) is 25.0 Å². The van der Waals surface area contributed by atoms with E-state index in [0.717, 1.165) is 5.56 Å². The van der Waals surface area contributed by atoms with Crippen molar-refractivity contribution in [2.24, 2.45) is 0 Å². The second-order valence-corrected chi connectivity index (χ2v) is 4.09. The van der Waals surface area contributed by atoms with E-state index in [0.29, 0.717) is 22.6 Å². The molecule has 2 rings (SSSR count). The summed E-state index contributed by atoms with van der Waals surface area (Å²) in [5, 5.41) is 0. The molecular weight excluding hydrogens is 242 g/mol. The molecule has 4 heteroatoms. The molecule has 1 aromatic heterocycles. The van der Waals surface area contributed by atoms with Gasteiger partial charge >= 0.3 is 0 Å². The molecule has 0 atom stereocenters. The number of pyridine rings is 1. The number of ether oxygens (including phenoxy) is 2. The van der Waals surface area contributed by atoms with Gasteiger partial charge in [0.25, 0.3) is 0 Å². The summed E-state index contributed by atoms with van der Waals surface area (Å²) in [4.78, 5) is 16.5. The number of rotatable bonds is 4. The van der Waals surface area contributed by atoms with Crippen molar-refractivity contribution in [3.05, 3.63) is 53.3 Å². The highest BCUT2D eigenvalue weighted by molar-refractivity contribution is 6.11. The lowest BCUT2D eigenvalue weighted by Crippen LogP contribution is -2.06. The minimum absolute atomic E-state index is 0.0839. The van der Waals surface area contributed by atoms with Crippen molar-refractivity contribution in [1.29, 1.82) is 0 Å². The summed E-state index contributed by atoms with van der Waals surface area (Å²) in [7, 11) is 3.11. The van der Waals surface area contributed by atoms with Crippen LogP contribution in [-0.2, 0) is 0 Å². The van der Waals surface area contributed by atoms with E-state index < -0.39 is 0 Å². The number of hydrogen-bond acceptors (Lipinski definition) is 4. The smallest absolute Gasteiger partial charge is 0.197 e. The van der Waals surface area contributed by atoms with E-state index in [1.165, 1.54) is 7.11 Å². The number of carbonyl (C=O) groups is 1. The Bertz CT molecular complexity index is 608. The number of aromatic nitrogens is 1. The van der Waals surface area contributed by atoms with E-state index in [4.69, 9.17) is 9.47 Å². The number of carbonyl (C=O) groups excluding carboxylic acids is 1. The topological polar surface area (TPSA) is 48.4 Å². The molecule has 0 aliphatic carbocycles. The highest BCUT2D eigenvalue weighted by atomic mass is 16.5. The maximum Gasteiger partial charge on any atom is 0.197 e. The van der Waals surface area contributed by atoms with Gasteiger partial charge in [-0.1, -0.05) is 0 Å². The third-order valence-electron chi connectivity index (χ3n) is 2.92. The summed E-state index contributed by atoms with van der Waals surface area (Å²) >= 11 is 0. The average molecular weight is 257 g/mol. The van der Waals surface area contributed by atoms with Gasteiger partial charge < -0.3 is 9.47 Å². The number of aryl methyl sites for hydroxylation is 1. The molecule has 0 saturated carbocycles. The lowest BCUT2D eigenvalue weighted by atomic mass is 10.00. The maximum absolute atomic E-state index is 12.5. The molecule has 0 spiro atoms. The highest BCUT2D eigenvalue weighted by Gasteiger charge is 2.16. The molecule has 4 nitrogen and oxygen atoms in total. The van der Waals surface area contributed by atoms with Crippen LogP contribution in [0.3, 0.4) is 0 Å². The van der Waals surface area contributed by atoms with Crippen LogP contribution in [0.4, 0.5) is 0 Å². The van der Waals surface area contributed by atoms with Crippen molar-refractivity contribution in [2.75, 3.05) is 14.2 Å². The summed E-state index contributed by atoms with van der Waals surface area (Å²) in [5.41, 5.74) is 1.97. The minimum Gasteiger partial charge on any atom is -0.497 e. The monoisotopic (exact) mass is 257 g/mol. The van der Waals surface area contributed by atoms with Crippen LogP contribution in [0.5, 0.6) is 11.5 Å². The Kier molecular flexibility index (Phi) is 3.80. The number of ketones is 1. The van der Waals surface area contributed by atoms with Crippen molar-refractivity contribution in [2.45, 2.75) is 6.92 Å². The standard InChI is InChI=1S/C15H15NO3/c1-10-9-16-7-6-12(10)15(17)13-5-4-11(18-2)8-14(13)19-3/h4-9H,1-3H3. The first-order valence-electron chi connectivity index (χ1n) is 5.84. The second kappa shape index (κ2) is 5.52. The summed E-state index contributed by atoms with van der Waals surface area (Å²) in [6.45, 7) is 1.86. The molecule has 0 radical (unpaired) electrons. The number of methoxy groups -OCH3 is 2. The van der Waals surface area contributed by atoms with E-state index >= 15 is 0 Å². The molecule has 0 aliphatic heterocycles. The van der Waals surface area contributed by atoms with Gasteiger partial charge in [-0.2, -0.15) is 0 Å². The molecule has 1 heterocycles. The first-order chi connectivity index (χ1) is 9.17. The zero-order chi connectivity index (χ0) is 13.8. The van der Waals surface area contributed by atoms with Crippen molar-refractivity contribution in [1.82, 2.24) is 4.98 Å². The van der Waals surface area contributed by atoms with Gasteiger partial charge in [0.15, 0.2) is 5.78 Å². The molecule has 0 saturated heterocycles. The largest absolute Gasteiger partial charge is 0.497 e. The fourth-order valence-corrected chi connectivity index (χ4v) is 1.86. The number of nitrogens with zero attached hydrogens (tertiary/aromatic N) is 1. The van der Waals surface area contributed by atoms with Crippen LogP contribution in [0.2, 0.25) is 0 Å². The Balaban J connectivity index is 2.47. The summed E-state index contributed by atoms with van der Waals surface area (Å²) in [6.07, 6.45) is 3.28. The van der Waals surface area contributed by atoms with Gasteiger partial charge in [0.2, 0.25) is 0 Å². The number of benzene rings is 1. The van der Waals surface area contributed by atoms with E-state index in [1.807, 2.05) is 6.92 Å². The molecule has 0 amide bonds. The predicted molar refractivity (Wildman–Crippen MR) is 72.0 cm³/mol. The predicted octanol–water partition coefficient (Wildman–Crippen LogP) is 2.64. The van der Waals surface area contributed by atoms with E-state index in [9.17, 15) is 4.79 Å². The maximum atomic E-state index is 12.5. The first kappa shape index (κ1) is 13.1. The van der Waals surface area contributed by atoms with Gasteiger partial charge in [-0.05, 0) is 30.7 Å². The molecule has 98 valence electrons. The molecule has 0 N–H and O–H groups in total. The van der Waals surface area contributed by atoms with Gasteiger partial charge in [0, 0.05) is 24.0 Å². The Morgan fingerprint density at radius 3 is 2.53 bits per heavy atom. The lowest BCUT2D eigenvalue weighted by Gasteiger charge is -2.10. The molecule has 2 aromatic rings. The Hall–Kier alpha value is -2.36. The van der Waals surface area contributed by atoms with Crippen LogP contribution in [0.25, 0.3) is 0 Å². The fraction of sp³-hybridized carbons (Fsp3) is 0.200. The third-order valence-corrected chi connectivity index (χ3v) is 2.92. The summed E-state index contributed by atoms with van der Waals surface area (Å²) in [6, 6.07) is 6.86. The van der Waals surface area contributed by atoms with Crippen molar-refractivity contribution >= 4 is 5.78 Å². The quantitative estimate of drug-likeness (QED) is 0.790. The average Bonchev–Trinajstić information content (AvgIpc) is 2.46. The zero-order valence-electron chi connectivity index (χ0n) is 11.1. The van der Waals surface area contributed by atoms with E-state index in [2.05, 4.69) is 4.98 Å². The highest BCUT2D eigenvalue weighted by Crippen LogP contribution is 2.27. The molecule has 19 heavy (non-hydrogen) atoms. The van der Waals surface area contributed by atoms with Crippen molar-refractivity contribution in [3.63, 3.8) is 0 Å². The van der Waals surface area contributed by atoms with Crippen LogP contribution >= 0.6 is 0 Å². The lowest BCUT2D eigenvalue weighted by molar-refractivity contribution is 0.103. The molecule has 0 bridgehead atoms. The first-order valence-corrected chi connectivity index (χ1v) is 5.84. The molecule has 0 aliphatic rings. The van der Waals surface area contributed by atoms with Gasteiger partial charge in [0.1, 0.15) is 11.5 Å². The summed E-state index contributed by atoms with van der Waals surface area (Å²) < 4.78 is 10.4. The van der Waals surface area contributed by atoms with Crippen LogP contribution in [0, 0.1) is 6.92 Å². The van der Waals surface area contributed by atoms with E-state index in [1.54, 1.807) is 43.8 Å². The molecule has 1 aromatic carbocycles. The van der Waals surface area contributed by atoms with Crippen LogP contribution in [0.1, 0.15) is 21.5 Å². The molecule has 0 fully saturated rings. The normalized spacial score (nSPS) is 10.1. The van der Waals surface area contributed by atoms with Gasteiger partial charge in [-0.25, -0.2) is 0 Å². The fourth-order valence-electron chi connectivity index (χ4n) is 1.86. The van der Waals surface area contributed by atoms with Gasteiger partial charge in [-0.15, -0.1) is 0 Å². The zero-order valence-corrected chi connectivity index (χ0v) is 11.1. The van der Waals surface area contributed by atoms with Crippen LogP contribution in [0.15, 0.2) is 36.7 Å². The number of hydrogen-bond donors (Lipinski definition) is 0. The Labute approximate surface area is 112 Å². The molecule has 0 unspecified atom stereocenters. The molecular formula is C15H15NO3. The summed E-state index contributed by atoms with van der Waals surface area (Å²) in [5.74, 6) is 1.07. The van der Waals surface area contributed by atoms with Gasteiger partial charge in [-0.3, -0.25) is 9.78 Å².